The number of nitro groups is 1. The van der Waals surface area contributed by atoms with Gasteiger partial charge in [-0.3, -0.25) is 19.5 Å². The van der Waals surface area contributed by atoms with E-state index < -0.39 is 11.0 Å². The summed E-state index contributed by atoms with van der Waals surface area (Å²) in [5, 5.41) is 19.9. The molecule has 2 heterocycles. The maximum Gasteiger partial charge on any atom is 0.271 e. The molecule has 1 aromatic heterocycles. The Bertz CT molecular complexity index is 1520. The van der Waals surface area contributed by atoms with Gasteiger partial charge in [-0.15, -0.1) is 10.2 Å². The molecule has 5 rings (SSSR count). The Kier molecular flexibility index (Phi) is 5.04. The summed E-state index contributed by atoms with van der Waals surface area (Å²) in [6.45, 7) is 0. The van der Waals surface area contributed by atoms with Crippen molar-refractivity contribution in [2.75, 3.05) is 0 Å². The van der Waals surface area contributed by atoms with Gasteiger partial charge >= 0.3 is 0 Å². The smallest absolute Gasteiger partial charge is 0.268 e. The zero-order valence-corrected chi connectivity index (χ0v) is 17.5. The molecule has 0 bridgehead atoms. The molecule has 3 aromatic carbocycles. The average Bonchev–Trinajstić information content (AvgIpc) is 3.15. The number of nitrogens with zero attached hydrogens (tertiary/aromatic N) is 4. The lowest BCUT2D eigenvalue weighted by atomic mass is 9.96. The molecule has 7 nitrogen and oxygen atoms in total. The second-order valence-electron chi connectivity index (χ2n) is 7.18. The Morgan fingerprint density at radius 1 is 0.938 bits per heavy atom. The van der Waals surface area contributed by atoms with E-state index in [2.05, 4.69) is 10.2 Å². The molecule has 0 unspecified atom stereocenters. The highest BCUT2D eigenvalue weighted by atomic mass is 32.1. The van der Waals surface area contributed by atoms with Gasteiger partial charge in [-0.1, -0.05) is 84.1 Å². The summed E-state index contributed by atoms with van der Waals surface area (Å²) in [7, 11) is 0. The monoisotopic (exact) mass is 440 g/mol. The van der Waals surface area contributed by atoms with Crippen LogP contribution in [0.5, 0.6) is 0 Å². The van der Waals surface area contributed by atoms with E-state index in [0.717, 1.165) is 11.1 Å². The van der Waals surface area contributed by atoms with Gasteiger partial charge in [0.25, 0.3) is 11.2 Å². The zero-order chi connectivity index (χ0) is 22.1. The summed E-state index contributed by atoms with van der Waals surface area (Å²) in [5.41, 5.74) is 2.84. The molecule has 0 saturated heterocycles. The van der Waals surface area contributed by atoms with E-state index in [1.165, 1.54) is 23.5 Å². The van der Waals surface area contributed by atoms with Gasteiger partial charge in [0.05, 0.1) is 15.2 Å². The van der Waals surface area contributed by atoms with Crippen molar-refractivity contribution in [2.45, 2.75) is 6.04 Å². The number of non-ortho nitro benzene ring substituents is 1. The fraction of sp³-hybridized carbons (Fsp3) is 0.0417. The Morgan fingerprint density at radius 3 is 2.38 bits per heavy atom. The molecule has 156 valence electrons. The van der Waals surface area contributed by atoms with E-state index >= 15 is 0 Å². The van der Waals surface area contributed by atoms with E-state index in [1.54, 1.807) is 22.8 Å². The second kappa shape index (κ2) is 8.16. The Labute approximate surface area is 186 Å². The third kappa shape index (κ3) is 3.57. The molecule has 1 atom stereocenters. The van der Waals surface area contributed by atoms with E-state index in [0.29, 0.717) is 20.6 Å². The van der Waals surface area contributed by atoms with Crippen LogP contribution in [0, 0.1) is 10.1 Å². The summed E-state index contributed by atoms with van der Waals surface area (Å²) in [4.78, 5) is 24.6. The summed E-state index contributed by atoms with van der Waals surface area (Å²) < 4.78 is 2.09. The number of fused-ring (bicyclic) bond motifs is 1. The van der Waals surface area contributed by atoms with Crippen molar-refractivity contribution >= 4 is 28.8 Å². The third-order valence-electron chi connectivity index (χ3n) is 5.16. The Balaban J connectivity index is 1.70. The molecule has 0 fully saturated rings. The topological polar surface area (TPSA) is 89.9 Å². The maximum absolute atomic E-state index is 13.5. The van der Waals surface area contributed by atoms with Crippen molar-refractivity contribution in [3.05, 3.63) is 131 Å². The third-order valence-corrected chi connectivity index (χ3v) is 6.13. The minimum absolute atomic E-state index is 0.0262. The second-order valence-corrected chi connectivity index (χ2v) is 8.19. The van der Waals surface area contributed by atoms with Crippen LogP contribution in [0.4, 0.5) is 5.69 Å². The van der Waals surface area contributed by atoms with Crippen LogP contribution in [0.15, 0.2) is 99.9 Å². The van der Waals surface area contributed by atoms with Crippen molar-refractivity contribution in [2.24, 2.45) is 10.2 Å². The molecule has 1 aliphatic heterocycles. The quantitative estimate of drug-likeness (QED) is 0.360. The molecule has 4 aromatic rings. The van der Waals surface area contributed by atoms with Crippen LogP contribution in [0.1, 0.15) is 22.7 Å². The SMILES string of the molecule is O=c1/c(=C/c2cccc([N+](=O)[O-])c2)sc2n1[C@H](c1ccccc1)C(c1ccccc1)=NN=2. The first-order valence-corrected chi connectivity index (χ1v) is 10.7. The van der Waals surface area contributed by atoms with Gasteiger partial charge in [0, 0.05) is 17.7 Å². The van der Waals surface area contributed by atoms with Gasteiger partial charge in [0.2, 0.25) is 4.80 Å². The number of hydrogen-bond donors (Lipinski definition) is 0. The lowest BCUT2D eigenvalue weighted by Crippen LogP contribution is -2.40. The molecule has 0 saturated carbocycles. The average molecular weight is 440 g/mol. The predicted octanol–water partition coefficient (Wildman–Crippen LogP) is 3.27. The number of nitro benzene ring substituents is 1. The van der Waals surface area contributed by atoms with Gasteiger partial charge in [0.1, 0.15) is 6.04 Å². The number of thiazole rings is 1. The van der Waals surface area contributed by atoms with E-state index in [-0.39, 0.29) is 11.2 Å². The summed E-state index contributed by atoms with van der Waals surface area (Å²) >= 11 is 1.22. The van der Waals surface area contributed by atoms with Gasteiger partial charge in [0.15, 0.2) is 0 Å². The van der Waals surface area contributed by atoms with Crippen LogP contribution in [0.2, 0.25) is 0 Å². The summed E-state index contributed by atoms with van der Waals surface area (Å²) in [5.74, 6) is 0. The molecular weight excluding hydrogens is 424 g/mol. The number of rotatable bonds is 4. The fourth-order valence-electron chi connectivity index (χ4n) is 3.70. The summed E-state index contributed by atoms with van der Waals surface area (Å²) in [6, 6.07) is 25.1. The van der Waals surface area contributed by atoms with Crippen molar-refractivity contribution in [3.8, 4) is 0 Å². The van der Waals surface area contributed by atoms with Crippen LogP contribution in [-0.2, 0) is 0 Å². The zero-order valence-electron chi connectivity index (χ0n) is 16.7. The number of aromatic nitrogens is 1. The molecule has 0 radical (unpaired) electrons. The molecule has 0 amide bonds. The van der Waals surface area contributed by atoms with Crippen LogP contribution in [0.3, 0.4) is 0 Å². The van der Waals surface area contributed by atoms with Crippen LogP contribution < -0.4 is 14.9 Å². The van der Waals surface area contributed by atoms with Crippen molar-refractivity contribution in [1.82, 2.24) is 4.57 Å². The van der Waals surface area contributed by atoms with Gasteiger partial charge in [-0.2, -0.15) is 0 Å². The number of hydrogen-bond acceptors (Lipinski definition) is 6. The van der Waals surface area contributed by atoms with Gasteiger partial charge < -0.3 is 0 Å². The molecule has 0 N–H and O–H groups in total. The Morgan fingerprint density at radius 2 is 1.66 bits per heavy atom. The van der Waals surface area contributed by atoms with Crippen LogP contribution >= 0.6 is 11.3 Å². The fourth-order valence-corrected chi connectivity index (χ4v) is 4.65. The normalized spacial score (nSPS) is 15.6. The largest absolute Gasteiger partial charge is 0.271 e. The first kappa shape index (κ1) is 19.8. The predicted molar refractivity (Wildman–Crippen MR) is 124 cm³/mol. The standard InChI is InChI=1S/C24H16N4O3S/c29-23-20(15-16-8-7-13-19(14-16)28(30)31)32-24-26-25-21(17-9-3-1-4-10-17)22(27(23)24)18-11-5-2-6-12-18/h1-15,22H/b20-15-/t22-/m1/s1. The van der Waals surface area contributed by atoms with Gasteiger partial charge in [-0.25, -0.2) is 0 Å². The molecule has 8 heteroatoms. The highest BCUT2D eigenvalue weighted by Crippen LogP contribution is 2.24. The highest BCUT2D eigenvalue weighted by molar-refractivity contribution is 7.07. The van der Waals surface area contributed by atoms with Crippen molar-refractivity contribution in [3.63, 3.8) is 0 Å². The lowest BCUT2D eigenvalue weighted by Gasteiger charge is -2.22. The molecule has 32 heavy (non-hydrogen) atoms. The van der Waals surface area contributed by atoms with E-state index in [4.69, 9.17) is 0 Å². The first-order chi connectivity index (χ1) is 15.6. The molecule has 0 spiro atoms. The van der Waals surface area contributed by atoms with E-state index in [1.807, 2.05) is 60.7 Å². The molecular formula is C24H16N4O3S. The first-order valence-electron chi connectivity index (χ1n) is 9.85. The lowest BCUT2D eigenvalue weighted by molar-refractivity contribution is -0.384. The Hall–Kier alpha value is -4.17. The minimum Gasteiger partial charge on any atom is -0.268 e. The van der Waals surface area contributed by atoms with Crippen molar-refractivity contribution < 1.29 is 4.92 Å². The molecule has 1 aliphatic rings. The maximum atomic E-state index is 13.5. The van der Waals surface area contributed by atoms with Gasteiger partial charge in [-0.05, 0) is 17.2 Å². The number of benzene rings is 3. The molecule has 0 aliphatic carbocycles. The van der Waals surface area contributed by atoms with Crippen molar-refractivity contribution in [1.29, 1.82) is 0 Å². The summed E-state index contributed by atoms with van der Waals surface area (Å²) in [6.07, 6.45) is 1.66. The van der Waals surface area contributed by atoms with E-state index in [9.17, 15) is 14.9 Å². The minimum atomic E-state index is -0.454. The van der Waals surface area contributed by atoms with Crippen LogP contribution in [0.25, 0.3) is 6.08 Å². The van der Waals surface area contributed by atoms with Crippen LogP contribution in [-0.4, -0.2) is 15.2 Å². The highest BCUT2D eigenvalue weighted by Gasteiger charge is 2.28.